The lowest BCUT2D eigenvalue weighted by Gasteiger charge is -2.30. The highest BCUT2D eigenvalue weighted by Crippen LogP contribution is 2.15. The summed E-state index contributed by atoms with van der Waals surface area (Å²) >= 11 is 4.76. The molecule has 1 aromatic rings. The van der Waals surface area contributed by atoms with E-state index in [0.717, 1.165) is 19.7 Å². The van der Waals surface area contributed by atoms with Crippen LogP contribution in [-0.4, -0.2) is 49.3 Å². The fourth-order valence-corrected chi connectivity index (χ4v) is 2.21. The fourth-order valence-electron chi connectivity index (χ4n) is 2.05. The fraction of sp³-hybridized carbons (Fsp3) is 0.462. The monoisotopic (exact) mass is 283 g/mol. The van der Waals surface area contributed by atoms with E-state index in [1.807, 2.05) is 0 Å². The molecule has 1 fully saturated rings. The Kier molecular flexibility index (Phi) is 4.68. The zero-order valence-corrected chi connectivity index (χ0v) is 11.7. The predicted octanol–water partition coefficient (Wildman–Crippen LogP) is 1.20. The molecular formula is C13H18FN3OS. The van der Waals surface area contributed by atoms with Crippen LogP contribution in [0.2, 0.25) is 0 Å². The first kappa shape index (κ1) is 14.2. The van der Waals surface area contributed by atoms with Gasteiger partial charge in [-0.1, -0.05) is 12.2 Å². The number of anilines is 1. The van der Waals surface area contributed by atoms with Crippen molar-refractivity contribution in [3.63, 3.8) is 0 Å². The first-order valence-corrected chi connectivity index (χ1v) is 6.60. The van der Waals surface area contributed by atoms with E-state index in [1.54, 1.807) is 12.1 Å². The molecule has 0 aromatic heterocycles. The Labute approximate surface area is 117 Å². The zero-order valence-electron chi connectivity index (χ0n) is 10.9. The molecule has 1 atom stereocenters. The number of nitrogens with zero attached hydrogens (tertiary/aromatic N) is 1. The van der Waals surface area contributed by atoms with E-state index in [-0.39, 0.29) is 16.7 Å². The van der Waals surface area contributed by atoms with E-state index < -0.39 is 5.82 Å². The molecule has 0 aliphatic carbocycles. The van der Waals surface area contributed by atoms with E-state index >= 15 is 0 Å². The maximum Gasteiger partial charge on any atom is 0.135 e. The smallest absolute Gasteiger partial charge is 0.135 e. The maximum atomic E-state index is 13.7. The molecule has 0 spiro atoms. The second-order valence-corrected chi connectivity index (χ2v) is 5.13. The Balaban J connectivity index is 1.92. The van der Waals surface area contributed by atoms with Crippen molar-refractivity contribution in [1.82, 2.24) is 4.90 Å². The second kappa shape index (κ2) is 6.27. The van der Waals surface area contributed by atoms with Gasteiger partial charge in [-0.25, -0.2) is 4.39 Å². The molecule has 0 amide bonds. The third-order valence-electron chi connectivity index (χ3n) is 3.11. The van der Waals surface area contributed by atoms with Crippen molar-refractivity contribution < 1.29 is 9.13 Å². The quantitative estimate of drug-likeness (QED) is 0.813. The van der Waals surface area contributed by atoms with Crippen molar-refractivity contribution in [2.24, 2.45) is 5.73 Å². The van der Waals surface area contributed by atoms with Crippen molar-refractivity contribution in [2.45, 2.75) is 6.10 Å². The summed E-state index contributed by atoms with van der Waals surface area (Å²) < 4.78 is 19.3. The van der Waals surface area contributed by atoms with E-state index in [2.05, 4.69) is 17.3 Å². The van der Waals surface area contributed by atoms with Gasteiger partial charge in [0.1, 0.15) is 10.8 Å². The number of likely N-dealkylation sites (N-methyl/N-ethyl adjacent to an activating group) is 1. The van der Waals surface area contributed by atoms with Gasteiger partial charge in [-0.3, -0.25) is 0 Å². The number of benzene rings is 1. The van der Waals surface area contributed by atoms with Gasteiger partial charge < -0.3 is 20.7 Å². The SMILES string of the molecule is CN1CCOC(CNc2ccc(C(N)=S)c(F)c2)C1. The number of thiocarbonyl (C=S) groups is 1. The molecule has 0 radical (unpaired) electrons. The molecule has 0 saturated carbocycles. The molecule has 1 heterocycles. The third-order valence-corrected chi connectivity index (χ3v) is 3.33. The third kappa shape index (κ3) is 3.86. The summed E-state index contributed by atoms with van der Waals surface area (Å²) in [5.41, 5.74) is 6.39. The summed E-state index contributed by atoms with van der Waals surface area (Å²) in [5.74, 6) is -0.404. The zero-order chi connectivity index (χ0) is 13.8. The first-order chi connectivity index (χ1) is 9.06. The van der Waals surface area contributed by atoms with Crippen LogP contribution in [0.1, 0.15) is 5.56 Å². The van der Waals surface area contributed by atoms with Gasteiger partial charge in [0.05, 0.1) is 12.7 Å². The average Bonchev–Trinajstić information content (AvgIpc) is 2.36. The molecule has 0 bridgehead atoms. The molecule has 104 valence electrons. The molecule has 6 heteroatoms. The molecule has 3 N–H and O–H groups in total. The van der Waals surface area contributed by atoms with Crippen molar-refractivity contribution in [2.75, 3.05) is 38.6 Å². The lowest BCUT2D eigenvalue weighted by atomic mass is 10.2. The molecule has 1 aliphatic rings. The van der Waals surface area contributed by atoms with E-state index in [0.29, 0.717) is 12.2 Å². The molecule has 1 aromatic carbocycles. The molecule has 1 saturated heterocycles. The predicted molar refractivity (Wildman–Crippen MR) is 78.0 cm³/mol. The number of hydrogen-bond acceptors (Lipinski definition) is 4. The van der Waals surface area contributed by atoms with Crippen LogP contribution in [0.5, 0.6) is 0 Å². The summed E-state index contributed by atoms with van der Waals surface area (Å²) in [6.45, 7) is 3.21. The summed E-state index contributed by atoms with van der Waals surface area (Å²) in [5, 5.41) is 3.17. The van der Waals surface area contributed by atoms with Gasteiger partial charge in [0.2, 0.25) is 0 Å². The van der Waals surface area contributed by atoms with Gasteiger partial charge in [-0.15, -0.1) is 0 Å². The summed E-state index contributed by atoms with van der Waals surface area (Å²) in [6, 6.07) is 4.76. The largest absolute Gasteiger partial charge is 0.389 e. The number of rotatable bonds is 4. The minimum Gasteiger partial charge on any atom is -0.389 e. The van der Waals surface area contributed by atoms with Crippen molar-refractivity contribution in [3.8, 4) is 0 Å². The molecule has 1 aliphatic heterocycles. The number of morpholine rings is 1. The molecule has 4 nitrogen and oxygen atoms in total. The van der Waals surface area contributed by atoms with Crippen molar-refractivity contribution >= 4 is 22.9 Å². The summed E-state index contributed by atoms with van der Waals surface area (Å²) in [4.78, 5) is 2.29. The van der Waals surface area contributed by atoms with Crippen molar-refractivity contribution in [1.29, 1.82) is 0 Å². The maximum absolute atomic E-state index is 13.7. The van der Waals surface area contributed by atoms with E-state index in [1.165, 1.54) is 6.07 Å². The van der Waals surface area contributed by atoms with Crippen LogP contribution in [0.15, 0.2) is 18.2 Å². The highest BCUT2D eigenvalue weighted by atomic mass is 32.1. The Morgan fingerprint density at radius 3 is 3.05 bits per heavy atom. The summed E-state index contributed by atoms with van der Waals surface area (Å²) in [6.07, 6.45) is 0.122. The van der Waals surface area contributed by atoms with Gasteiger partial charge in [0.15, 0.2) is 0 Å². The van der Waals surface area contributed by atoms with Crippen molar-refractivity contribution in [3.05, 3.63) is 29.6 Å². The van der Waals surface area contributed by atoms with Crippen LogP contribution in [-0.2, 0) is 4.74 Å². The standard InChI is InChI=1S/C13H18FN3OS/c1-17-4-5-18-10(8-17)7-16-9-2-3-11(13(15)19)12(14)6-9/h2-3,6,10,16H,4-5,7-8H2,1H3,(H2,15,19). The van der Waals surface area contributed by atoms with Crippen LogP contribution >= 0.6 is 12.2 Å². The Morgan fingerprint density at radius 2 is 2.42 bits per heavy atom. The van der Waals surface area contributed by atoms with Crippen LogP contribution < -0.4 is 11.1 Å². The van der Waals surface area contributed by atoms with Crippen LogP contribution in [0, 0.1) is 5.82 Å². The normalized spacial score (nSPS) is 20.2. The van der Waals surface area contributed by atoms with Gasteiger partial charge in [0.25, 0.3) is 0 Å². The molecule has 19 heavy (non-hydrogen) atoms. The lowest BCUT2D eigenvalue weighted by Crippen LogP contribution is -2.43. The Bertz CT molecular complexity index is 469. The topological polar surface area (TPSA) is 50.5 Å². The van der Waals surface area contributed by atoms with Gasteiger partial charge in [0, 0.05) is 30.9 Å². The Morgan fingerprint density at radius 1 is 1.63 bits per heavy atom. The van der Waals surface area contributed by atoms with Gasteiger partial charge in [-0.05, 0) is 25.2 Å². The molecular weight excluding hydrogens is 265 g/mol. The minimum absolute atomic E-state index is 0.0706. The summed E-state index contributed by atoms with van der Waals surface area (Å²) in [7, 11) is 2.06. The number of nitrogens with one attached hydrogen (secondary N) is 1. The van der Waals surface area contributed by atoms with Crippen LogP contribution in [0.25, 0.3) is 0 Å². The number of nitrogens with two attached hydrogens (primary N) is 1. The van der Waals surface area contributed by atoms with E-state index in [4.69, 9.17) is 22.7 Å². The van der Waals surface area contributed by atoms with Crippen LogP contribution in [0.3, 0.4) is 0 Å². The Hall–Kier alpha value is -1.24. The first-order valence-electron chi connectivity index (χ1n) is 6.19. The lowest BCUT2D eigenvalue weighted by molar-refractivity contribution is -0.0117. The number of ether oxygens (including phenoxy) is 1. The molecule has 1 unspecified atom stereocenters. The highest BCUT2D eigenvalue weighted by molar-refractivity contribution is 7.80. The number of hydrogen-bond donors (Lipinski definition) is 2. The van der Waals surface area contributed by atoms with Crippen LogP contribution in [0.4, 0.5) is 10.1 Å². The second-order valence-electron chi connectivity index (χ2n) is 4.69. The average molecular weight is 283 g/mol. The molecule has 2 rings (SSSR count). The minimum atomic E-state index is -0.404. The van der Waals surface area contributed by atoms with E-state index in [9.17, 15) is 4.39 Å². The van der Waals surface area contributed by atoms with Gasteiger partial charge >= 0.3 is 0 Å². The highest BCUT2D eigenvalue weighted by Gasteiger charge is 2.17. The van der Waals surface area contributed by atoms with Gasteiger partial charge in [-0.2, -0.15) is 0 Å². The number of halogens is 1.